The van der Waals surface area contributed by atoms with E-state index in [-0.39, 0.29) is 26.3 Å². The maximum absolute atomic E-state index is 13.8. The summed E-state index contributed by atoms with van der Waals surface area (Å²) in [6.45, 7) is 0. The Kier molecular flexibility index (Phi) is 4.99. The van der Waals surface area contributed by atoms with Gasteiger partial charge in [0.15, 0.2) is 0 Å². The molecule has 1 N–H and O–H groups in total. The first kappa shape index (κ1) is 18.4. The molecule has 0 aliphatic rings. The van der Waals surface area contributed by atoms with Crippen LogP contribution >= 0.6 is 23.2 Å². The van der Waals surface area contributed by atoms with Crippen LogP contribution in [0.2, 0.25) is 10.0 Å². The van der Waals surface area contributed by atoms with Crippen molar-refractivity contribution in [1.82, 2.24) is 14.3 Å². The molecule has 0 saturated heterocycles. The highest BCUT2D eigenvalue weighted by molar-refractivity contribution is 7.90. The average Bonchev–Trinajstić information content (AvgIpc) is 3.07. The van der Waals surface area contributed by atoms with Gasteiger partial charge in [0.25, 0.3) is 15.9 Å². The quantitative estimate of drug-likeness (QED) is 0.710. The molecule has 0 saturated carbocycles. The standard InChI is InChI=1S/C16H10Cl2FN3O3S/c17-10-5-6-11(18)15(7-10)26(24,25)21-16(23)13-8-22(9-20-13)14-4-2-1-3-12(14)19/h1-9H,(H,21,23). The average molecular weight is 414 g/mol. The number of benzene rings is 2. The van der Waals surface area contributed by atoms with Crippen molar-refractivity contribution in [3.63, 3.8) is 0 Å². The minimum Gasteiger partial charge on any atom is -0.303 e. The van der Waals surface area contributed by atoms with Crippen LogP contribution in [0.4, 0.5) is 4.39 Å². The van der Waals surface area contributed by atoms with Gasteiger partial charge in [0.05, 0.1) is 10.7 Å². The summed E-state index contributed by atoms with van der Waals surface area (Å²) >= 11 is 11.6. The topological polar surface area (TPSA) is 81.1 Å². The van der Waals surface area contributed by atoms with Crippen molar-refractivity contribution in [3.05, 3.63) is 76.5 Å². The van der Waals surface area contributed by atoms with Gasteiger partial charge in [-0.1, -0.05) is 35.3 Å². The first-order chi connectivity index (χ1) is 12.3. The molecule has 1 amide bonds. The minimum absolute atomic E-state index is 0.0911. The van der Waals surface area contributed by atoms with E-state index < -0.39 is 21.7 Å². The number of carbonyl (C=O) groups excluding carboxylic acids is 1. The van der Waals surface area contributed by atoms with E-state index in [0.717, 1.165) is 6.07 Å². The van der Waals surface area contributed by atoms with E-state index in [2.05, 4.69) is 4.98 Å². The summed E-state index contributed by atoms with van der Waals surface area (Å²) in [7, 11) is -4.26. The van der Waals surface area contributed by atoms with E-state index in [9.17, 15) is 17.6 Å². The lowest BCUT2D eigenvalue weighted by Crippen LogP contribution is -2.31. The molecule has 26 heavy (non-hydrogen) atoms. The normalized spacial score (nSPS) is 11.3. The Bertz CT molecular complexity index is 1100. The number of aromatic nitrogens is 2. The van der Waals surface area contributed by atoms with Crippen LogP contribution in [0.15, 0.2) is 59.9 Å². The van der Waals surface area contributed by atoms with Crippen LogP contribution in [-0.4, -0.2) is 23.9 Å². The Morgan fingerprint density at radius 1 is 1.15 bits per heavy atom. The molecule has 1 heterocycles. The van der Waals surface area contributed by atoms with Gasteiger partial charge in [0, 0.05) is 11.2 Å². The predicted octanol–water partition coefficient (Wildman–Crippen LogP) is 3.44. The summed E-state index contributed by atoms with van der Waals surface area (Å²) < 4.78 is 41.6. The molecule has 2 aromatic carbocycles. The fourth-order valence-corrected chi connectivity index (χ4v) is 3.87. The van der Waals surface area contributed by atoms with Crippen LogP contribution in [-0.2, 0) is 10.0 Å². The van der Waals surface area contributed by atoms with Gasteiger partial charge in [-0.15, -0.1) is 0 Å². The number of hydrogen-bond donors (Lipinski definition) is 1. The highest BCUT2D eigenvalue weighted by Gasteiger charge is 2.23. The Morgan fingerprint density at radius 3 is 2.62 bits per heavy atom. The van der Waals surface area contributed by atoms with Crippen molar-refractivity contribution < 1.29 is 17.6 Å². The largest absolute Gasteiger partial charge is 0.303 e. The number of sulfonamides is 1. The smallest absolute Gasteiger partial charge is 0.285 e. The molecule has 10 heteroatoms. The number of nitrogens with zero attached hydrogens (tertiary/aromatic N) is 2. The summed E-state index contributed by atoms with van der Waals surface area (Å²) in [6.07, 6.45) is 2.41. The van der Waals surface area contributed by atoms with E-state index in [1.54, 1.807) is 6.07 Å². The Labute approximate surface area is 158 Å². The van der Waals surface area contributed by atoms with E-state index in [4.69, 9.17) is 23.2 Å². The number of amides is 1. The van der Waals surface area contributed by atoms with Gasteiger partial charge in [-0.25, -0.2) is 22.5 Å². The number of halogens is 3. The van der Waals surface area contributed by atoms with Gasteiger partial charge >= 0.3 is 0 Å². The van der Waals surface area contributed by atoms with Gasteiger partial charge < -0.3 is 4.57 Å². The molecule has 0 atom stereocenters. The molecule has 0 radical (unpaired) electrons. The van der Waals surface area contributed by atoms with Gasteiger partial charge in [-0.2, -0.15) is 0 Å². The third-order valence-electron chi connectivity index (χ3n) is 3.36. The molecule has 0 aliphatic heterocycles. The van der Waals surface area contributed by atoms with Gasteiger partial charge in [0.2, 0.25) is 0 Å². The molecule has 134 valence electrons. The first-order valence-corrected chi connectivity index (χ1v) is 9.33. The van der Waals surface area contributed by atoms with Crippen molar-refractivity contribution in [2.45, 2.75) is 4.90 Å². The van der Waals surface area contributed by atoms with Crippen LogP contribution in [0.3, 0.4) is 0 Å². The van der Waals surface area contributed by atoms with Crippen LogP contribution in [0.25, 0.3) is 5.69 Å². The Hall–Kier alpha value is -2.42. The summed E-state index contributed by atoms with van der Waals surface area (Å²) in [5.41, 5.74) is -0.0465. The SMILES string of the molecule is O=C(NS(=O)(=O)c1cc(Cl)ccc1Cl)c1cn(-c2ccccc2F)cn1. The zero-order valence-corrected chi connectivity index (χ0v) is 15.2. The van der Waals surface area contributed by atoms with Gasteiger partial charge in [-0.3, -0.25) is 4.79 Å². The first-order valence-electron chi connectivity index (χ1n) is 7.09. The van der Waals surface area contributed by atoms with Crippen molar-refractivity contribution in [2.24, 2.45) is 0 Å². The van der Waals surface area contributed by atoms with Crippen LogP contribution in [0.5, 0.6) is 0 Å². The van der Waals surface area contributed by atoms with E-state index in [1.807, 2.05) is 4.72 Å². The summed E-state index contributed by atoms with van der Waals surface area (Å²) in [6, 6.07) is 9.71. The lowest BCUT2D eigenvalue weighted by molar-refractivity contribution is 0.0977. The zero-order valence-electron chi connectivity index (χ0n) is 12.9. The molecule has 3 rings (SSSR count). The Balaban J connectivity index is 1.87. The number of para-hydroxylation sites is 1. The third kappa shape index (κ3) is 3.72. The van der Waals surface area contributed by atoms with Gasteiger partial charge in [-0.05, 0) is 30.3 Å². The maximum Gasteiger partial charge on any atom is 0.285 e. The molecule has 0 spiro atoms. The second-order valence-corrected chi connectivity index (χ2v) is 7.62. The molecule has 3 aromatic rings. The third-order valence-corrected chi connectivity index (χ3v) is 5.40. The highest BCUT2D eigenvalue weighted by Crippen LogP contribution is 2.25. The predicted molar refractivity (Wildman–Crippen MR) is 94.6 cm³/mol. The fourth-order valence-electron chi connectivity index (χ4n) is 2.15. The molecule has 0 bridgehead atoms. The molecule has 6 nitrogen and oxygen atoms in total. The summed E-state index contributed by atoms with van der Waals surface area (Å²) in [4.78, 5) is 15.7. The fraction of sp³-hybridized carbons (Fsp3) is 0. The molecular weight excluding hydrogens is 404 g/mol. The van der Waals surface area contributed by atoms with E-state index in [0.29, 0.717) is 0 Å². The number of carbonyl (C=O) groups is 1. The summed E-state index contributed by atoms with van der Waals surface area (Å²) in [5, 5.41) is 0.0534. The number of hydrogen-bond acceptors (Lipinski definition) is 4. The number of rotatable bonds is 4. The Morgan fingerprint density at radius 2 is 1.88 bits per heavy atom. The number of imidazole rings is 1. The van der Waals surface area contributed by atoms with Crippen molar-refractivity contribution in [2.75, 3.05) is 0 Å². The molecular formula is C16H10Cl2FN3O3S. The maximum atomic E-state index is 13.8. The van der Waals surface area contributed by atoms with Crippen molar-refractivity contribution >= 4 is 39.1 Å². The molecule has 0 unspecified atom stereocenters. The number of nitrogens with one attached hydrogen (secondary N) is 1. The van der Waals surface area contributed by atoms with Gasteiger partial charge in [0.1, 0.15) is 22.7 Å². The lowest BCUT2D eigenvalue weighted by Gasteiger charge is -2.07. The van der Waals surface area contributed by atoms with Crippen LogP contribution in [0.1, 0.15) is 10.5 Å². The second kappa shape index (κ2) is 7.06. The van der Waals surface area contributed by atoms with Crippen molar-refractivity contribution in [3.8, 4) is 5.69 Å². The molecule has 0 aliphatic carbocycles. The molecule has 1 aromatic heterocycles. The molecule has 0 fully saturated rings. The zero-order chi connectivity index (χ0) is 18.9. The lowest BCUT2D eigenvalue weighted by atomic mass is 10.3. The monoisotopic (exact) mass is 413 g/mol. The van der Waals surface area contributed by atoms with Crippen LogP contribution in [0, 0.1) is 5.82 Å². The van der Waals surface area contributed by atoms with Crippen LogP contribution < -0.4 is 4.72 Å². The highest BCUT2D eigenvalue weighted by atomic mass is 35.5. The second-order valence-electron chi connectivity index (χ2n) is 5.13. The van der Waals surface area contributed by atoms with E-state index >= 15 is 0 Å². The minimum atomic E-state index is -4.26. The van der Waals surface area contributed by atoms with Crippen molar-refractivity contribution in [1.29, 1.82) is 0 Å². The van der Waals surface area contributed by atoms with E-state index in [1.165, 1.54) is 47.4 Å². The summed E-state index contributed by atoms with van der Waals surface area (Å²) in [5.74, 6) is -1.51.